The second-order valence-electron chi connectivity index (χ2n) is 8.13. The third kappa shape index (κ3) is 3.30. The molecule has 2 aromatic carbocycles. The van der Waals surface area contributed by atoms with Crippen molar-refractivity contribution >= 4 is 33.6 Å². The number of rotatable bonds is 7. The quantitative estimate of drug-likeness (QED) is 0.411. The fraction of sp³-hybridized carbons (Fsp3) is 0.280. The fourth-order valence-corrected chi connectivity index (χ4v) is 4.60. The first-order valence-electron chi connectivity index (χ1n) is 10.5. The van der Waals surface area contributed by atoms with Gasteiger partial charge in [-0.05, 0) is 43.4 Å². The van der Waals surface area contributed by atoms with Gasteiger partial charge in [0.15, 0.2) is 5.78 Å². The molecule has 0 spiro atoms. The summed E-state index contributed by atoms with van der Waals surface area (Å²) in [6.45, 7) is 0. The van der Waals surface area contributed by atoms with E-state index in [0.717, 1.165) is 52.5 Å². The number of ketones is 1. The Morgan fingerprint density at radius 3 is 2.83 bits per heavy atom. The minimum absolute atomic E-state index is 0.0103. The van der Waals surface area contributed by atoms with Crippen molar-refractivity contribution in [3.63, 3.8) is 0 Å². The average Bonchev–Trinajstić information content (AvgIpc) is 3.44. The highest BCUT2D eigenvalue weighted by molar-refractivity contribution is 6.01. The molecule has 5 heteroatoms. The van der Waals surface area contributed by atoms with Crippen LogP contribution in [0.25, 0.3) is 21.9 Å². The predicted molar refractivity (Wildman–Crippen MR) is 115 cm³/mol. The fourth-order valence-electron chi connectivity index (χ4n) is 4.60. The van der Waals surface area contributed by atoms with Crippen LogP contribution in [0.5, 0.6) is 0 Å². The van der Waals surface area contributed by atoms with Crippen LogP contribution in [0.4, 0.5) is 0 Å². The van der Waals surface area contributed by atoms with Crippen LogP contribution in [-0.2, 0) is 24.1 Å². The largest absolute Gasteiger partial charge is 0.481 e. The van der Waals surface area contributed by atoms with Crippen molar-refractivity contribution in [3.8, 4) is 0 Å². The molecule has 1 aliphatic rings. The number of aliphatic carboxylic acids is 1. The lowest BCUT2D eigenvalue weighted by molar-refractivity contribution is -0.141. The zero-order valence-corrected chi connectivity index (χ0v) is 16.6. The SMILES string of the molecule is O=C(CC(CCc1c[nH]c2ccccc12)C(=O)O)c1ccc2c3c(oc2c1)CCC3. The third-order valence-corrected chi connectivity index (χ3v) is 6.25. The van der Waals surface area contributed by atoms with Gasteiger partial charge in [-0.2, -0.15) is 0 Å². The molecule has 0 radical (unpaired) electrons. The molecule has 2 heterocycles. The average molecular weight is 401 g/mol. The first kappa shape index (κ1) is 18.7. The van der Waals surface area contributed by atoms with Crippen LogP contribution in [0.1, 0.15) is 46.5 Å². The van der Waals surface area contributed by atoms with E-state index in [2.05, 4.69) is 4.98 Å². The number of benzene rings is 2. The molecular formula is C25H23NO4. The predicted octanol–water partition coefficient (Wildman–Crippen LogP) is 5.31. The Kier molecular flexibility index (Phi) is 4.66. The van der Waals surface area contributed by atoms with Gasteiger partial charge in [-0.3, -0.25) is 9.59 Å². The molecule has 0 amide bonds. The van der Waals surface area contributed by atoms with Crippen LogP contribution in [0.3, 0.4) is 0 Å². The van der Waals surface area contributed by atoms with Gasteiger partial charge in [-0.25, -0.2) is 0 Å². The Hall–Kier alpha value is -3.34. The van der Waals surface area contributed by atoms with Crippen LogP contribution in [0, 0.1) is 5.92 Å². The maximum Gasteiger partial charge on any atom is 0.306 e. The lowest BCUT2D eigenvalue weighted by Gasteiger charge is -2.11. The number of carboxylic acids is 1. The van der Waals surface area contributed by atoms with E-state index in [1.165, 1.54) is 5.56 Å². The second kappa shape index (κ2) is 7.48. The van der Waals surface area contributed by atoms with Gasteiger partial charge in [0.2, 0.25) is 0 Å². The normalized spacial score (nSPS) is 14.3. The summed E-state index contributed by atoms with van der Waals surface area (Å²) in [5.74, 6) is -0.777. The van der Waals surface area contributed by atoms with Crippen LogP contribution < -0.4 is 0 Å². The summed E-state index contributed by atoms with van der Waals surface area (Å²) in [4.78, 5) is 27.9. The molecule has 0 aliphatic heterocycles. The van der Waals surface area contributed by atoms with Crippen LogP contribution in [-0.4, -0.2) is 21.8 Å². The van der Waals surface area contributed by atoms with Gasteiger partial charge in [0.1, 0.15) is 11.3 Å². The molecule has 0 fully saturated rings. The zero-order valence-electron chi connectivity index (χ0n) is 16.6. The number of para-hydroxylation sites is 1. The molecule has 5 rings (SSSR count). The molecule has 0 saturated heterocycles. The van der Waals surface area contributed by atoms with Crippen molar-refractivity contribution in [2.45, 2.75) is 38.5 Å². The summed E-state index contributed by atoms with van der Waals surface area (Å²) in [5, 5.41) is 11.9. The molecule has 2 N–H and O–H groups in total. The monoisotopic (exact) mass is 401 g/mol. The van der Waals surface area contributed by atoms with E-state index >= 15 is 0 Å². The van der Waals surface area contributed by atoms with Gasteiger partial charge in [0, 0.05) is 46.5 Å². The molecule has 0 saturated carbocycles. The van der Waals surface area contributed by atoms with Crippen LogP contribution in [0.2, 0.25) is 0 Å². The number of aromatic nitrogens is 1. The number of Topliss-reactive ketones (excluding diaryl/α,β-unsaturated/α-hetero) is 1. The van der Waals surface area contributed by atoms with Gasteiger partial charge in [-0.1, -0.05) is 30.3 Å². The minimum Gasteiger partial charge on any atom is -0.481 e. The van der Waals surface area contributed by atoms with E-state index in [4.69, 9.17) is 4.42 Å². The Labute approximate surface area is 173 Å². The summed E-state index contributed by atoms with van der Waals surface area (Å²) in [7, 11) is 0. The summed E-state index contributed by atoms with van der Waals surface area (Å²) in [6, 6.07) is 13.5. The van der Waals surface area contributed by atoms with Crippen molar-refractivity contribution in [3.05, 3.63) is 71.1 Å². The van der Waals surface area contributed by atoms with E-state index in [9.17, 15) is 14.7 Å². The number of furan rings is 1. The van der Waals surface area contributed by atoms with Crippen molar-refractivity contribution in [2.75, 3.05) is 0 Å². The highest BCUT2D eigenvalue weighted by Crippen LogP contribution is 2.33. The number of hydrogen-bond acceptors (Lipinski definition) is 3. The second-order valence-corrected chi connectivity index (χ2v) is 8.13. The van der Waals surface area contributed by atoms with Crippen molar-refractivity contribution in [2.24, 2.45) is 5.92 Å². The molecule has 4 aromatic rings. The molecule has 1 unspecified atom stereocenters. The summed E-state index contributed by atoms with van der Waals surface area (Å²) >= 11 is 0. The standard InChI is InChI=1S/C25H23NO4/c27-22(15-10-11-20-19-5-3-7-23(19)30-24(20)13-15)12-16(25(28)29)8-9-17-14-26-21-6-2-1-4-18(17)21/h1-2,4,6,10-11,13-14,16,26H,3,5,7-9,12H2,(H,28,29). The molecule has 0 bridgehead atoms. The van der Waals surface area contributed by atoms with Gasteiger partial charge in [0.05, 0.1) is 5.92 Å². The molecular weight excluding hydrogens is 378 g/mol. The number of carbonyl (C=O) groups is 2. The van der Waals surface area contributed by atoms with E-state index in [1.807, 2.05) is 36.5 Å². The number of H-pyrrole nitrogens is 1. The van der Waals surface area contributed by atoms with Crippen molar-refractivity contribution in [1.82, 2.24) is 4.98 Å². The van der Waals surface area contributed by atoms with E-state index < -0.39 is 11.9 Å². The van der Waals surface area contributed by atoms with E-state index in [0.29, 0.717) is 18.4 Å². The Balaban J connectivity index is 1.31. The number of carboxylic acid groups (broad SMARTS) is 1. The van der Waals surface area contributed by atoms with Gasteiger partial charge in [-0.15, -0.1) is 0 Å². The molecule has 152 valence electrons. The molecule has 2 aromatic heterocycles. The first-order valence-corrected chi connectivity index (χ1v) is 10.5. The van der Waals surface area contributed by atoms with Crippen LogP contribution >= 0.6 is 0 Å². The third-order valence-electron chi connectivity index (χ3n) is 6.25. The minimum atomic E-state index is -0.929. The lowest BCUT2D eigenvalue weighted by Crippen LogP contribution is -2.19. The van der Waals surface area contributed by atoms with Gasteiger partial charge in [0.25, 0.3) is 0 Å². The number of nitrogens with one attached hydrogen (secondary N) is 1. The smallest absolute Gasteiger partial charge is 0.306 e. The van der Waals surface area contributed by atoms with Gasteiger partial charge >= 0.3 is 5.97 Å². The maximum absolute atomic E-state index is 12.8. The maximum atomic E-state index is 12.8. The molecule has 5 nitrogen and oxygen atoms in total. The first-order chi connectivity index (χ1) is 14.6. The van der Waals surface area contributed by atoms with Crippen molar-refractivity contribution < 1.29 is 19.1 Å². The van der Waals surface area contributed by atoms with Crippen LogP contribution in [0.15, 0.2) is 53.1 Å². The highest BCUT2D eigenvalue weighted by atomic mass is 16.4. The van der Waals surface area contributed by atoms with Crippen molar-refractivity contribution in [1.29, 1.82) is 0 Å². The number of aryl methyl sites for hydroxylation is 3. The zero-order chi connectivity index (χ0) is 20.7. The highest BCUT2D eigenvalue weighted by Gasteiger charge is 2.24. The number of carbonyl (C=O) groups excluding carboxylic acids is 1. The van der Waals surface area contributed by atoms with Gasteiger partial charge < -0.3 is 14.5 Å². The molecule has 1 aliphatic carbocycles. The number of hydrogen-bond donors (Lipinski definition) is 2. The Morgan fingerprint density at radius 1 is 1.10 bits per heavy atom. The topological polar surface area (TPSA) is 83.3 Å². The summed E-state index contributed by atoms with van der Waals surface area (Å²) in [6.07, 6.45) is 6.02. The number of aromatic amines is 1. The molecule has 1 atom stereocenters. The molecule has 30 heavy (non-hydrogen) atoms. The summed E-state index contributed by atoms with van der Waals surface area (Å²) < 4.78 is 5.92. The van der Waals surface area contributed by atoms with E-state index in [1.54, 1.807) is 12.1 Å². The Morgan fingerprint density at radius 2 is 1.97 bits per heavy atom. The number of fused-ring (bicyclic) bond motifs is 4. The Bertz CT molecular complexity index is 1260. The summed E-state index contributed by atoms with van der Waals surface area (Å²) in [5.41, 5.74) is 4.63. The van der Waals surface area contributed by atoms with E-state index in [-0.39, 0.29) is 12.2 Å². The lowest BCUT2D eigenvalue weighted by atomic mass is 9.92.